The molecule has 1 fully saturated rings. The van der Waals surface area contributed by atoms with Gasteiger partial charge in [-0.15, -0.1) is 0 Å². The molecule has 6 nitrogen and oxygen atoms in total. The molecule has 0 saturated heterocycles. The average molecular weight is 383 g/mol. The summed E-state index contributed by atoms with van der Waals surface area (Å²) in [4.78, 5) is 13.2. The van der Waals surface area contributed by atoms with E-state index in [0.717, 1.165) is 18.4 Å². The van der Waals surface area contributed by atoms with Crippen LogP contribution in [0.1, 0.15) is 36.8 Å². The van der Waals surface area contributed by atoms with E-state index in [4.69, 9.17) is 4.74 Å². The van der Waals surface area contributed by atoms with Gasteiger partial charge in [0.25, 0.3) is 0 Å². The van der Waals surface area contributed by atoms with Gasteiger partial charge in [0.2, 0.25) is 5.91 Å². The monoisotopic (exact) mass is 382 g/mol. The first-order valence-electron chi connectivity index (χ1n) is 9.15. The predicted octanol–water partition coefficient (Wildman–Crippen LogP) is 1.74. The summed E-state index contributed by atoms with van der Waals surface area (Å²) in [7, 11) is -2.13. The molecule has 0 radical (unpaired) electrons. The van der Waals surface area contributed by atoms with Crippen LogP contribution < -0.4 is 10.6 Å². The summed E-state index contributed by atoms with van der Waals surface area (Å²) in [6, 6.07) is 5.38. The maximum Gasteiger partial charge on any atom is 0.241 e. The molecule has 0 aliphatic heterocycles. The van der Waals surface area contributed by atoms with Crippen LogP contribution in [0.5, 0.6) is 0 Å². The van der Waals surface area contributed by atoms with Crippen molar-refractivity contribution in [1.29, 1.82) is 0 Å². The summed E-state index contributed by atoms with van der Waals surface area (Å²) in [6.07, 6.45) is 2.27. The molecule has 1 amide bonds. The topological polar surface area (TPSA) is 84.5 Å². The third kappa shape index (κ3) is 4.27. The van der Waals surface area contributed by atoms with Gasteiger partial charge >= 0.3 is 0 Å². The van der Waals surface area contributed by atoms with E-state index in [2.05, 4.69) is 10.6 Å². The zero-order valence-electron chi connectivity index (χ0n) is 15.9. The Hall–Kier alpha value is -1.44. The second kappa shape index (κ2) is 8.97. The molecule has 146 valence electrons. The molecule has 2 rings (SSSR count). The maximum absolute atomic E-state index is 13.5. The van der Waals surface area contributed by atoms with Gasteiger partial charge < -0.3 is 15.4 Å². The lowest BCUT2D eigenvalue weighted by Crippen LogP contribution is -2.51. The van der Waals surface area contributed by atoms with Crippen molar-refractivity contribution in [2.24, 2.45) is 0 Å². The quantitative estimate of drug-likeness (QED) is 0.636. The second-order valence-electron chi connectivity index (χ2n) is 6.97. The number of aryl methyl sites for hydroxylation is 2. The van der Waals surface area contributed by atoms with Crippen molar-refractivity contribution in [1.82, 2.24) is 10.6 Å². The summed E-state index contributed by atoms with van der Waals surface area (Å²) in [5, 5.41) is 5.97. The number of amides is 1. The normalized spacial score (nSPS) is 16.6. The first-order chi connectivity index (χ1) is 12.3. The maximum atomic E-state index is 13.5. The number of nitrogens with one attached hydrogen (secondary N) is 2. The first-order valence-corrected chi connectivity index (χ1v) is 10.6. The average Bonchev–Trinajstić information content (AvgIpc) is 3.11. The molecule has 0 atom stereocenters. The van der Waals surface area contributed by atoms with E-state index in [0.29, 0.717) is 44.6 Å². The standard InChI is InChI=1S/C19H30N2O4S/c1-15-6-7-16(2)17(14-15)26(23,24)19(8-4-5-9-19)18(22)21-11-10-20-12-13-25-3/h6-7,14,20H,4-5,8-13H2,1-3H3,(H,21,22). The number of benzene rings is 1. The molecule has 26 heavy (non-hydrogen) atoms. The minimum Gasteiger partial charge on any atom is -0.383 e. The van der Waals surface area contributed by atoms with Gasteiger partial charge in [-0.25, -0.2) is 8.42 Å². The van der Waals surface area contributed by atoms with Gasteiger partial charge in [-0.05, 0) is 43.9 Å². The molecule has 0 spiro atoms. The van der Waals surface area contributed by atoms with Gasteiger partial charge in [-0.2, -0.15) is 0 Å². The van der Waals surface area contributed by atoms with E-state index >= 15 is 0 Å². The fourth-order valence-corrected chi connectivity index (χ4v) is 5.89. The number of methoxy groups -OCH3 is 1. The summed E-state index contributed by atoms with van der Waals surface area (Å²) in [6.45, 7) is 5.91. The fourth-order valence-electron chi connectivity index (χ4n) is 3.50. The first kappa shape index (κ1) is 20.9. The molecule has 0 unspecified atom stereocenters. The molecule has 7 heteroatoms. The lowest BCUT2D eigenvalue weighted by Gasteiger charge is -2.28. The number of rotatable bonds is 9. The Morgan fingerprint density at radius 2 is 1.85 bits per heavy atom. The van der Waals surface area contributed by atoms with E-state index in [1.54, 1.807) is 20.1 Å². The minimum atomic E-state index is -3.76. The van der Waals surface area contributed by atoms with Crippen molar-refractivity contribution in [3.63, 3.8) is 0 Å². The van der Waals surface area contributed by atoms with E-state index in [9.17, 15) is 13.2 Å². The molecule has 0 bridgehead atoms. The molecular weight excluding hydrogens is 352 g/mol. The van der Waals surface area contributed by atoms with Crippen molar-refractivity contribution >= 4 is 15.7 Å². The summed E-state index contributed by atoms with van der Waals surface area (Å²) < 4.78 is 30.5. The van der Waals surface area contributed by atoms with Gasteiger partial charge in [0, 0.05) is 26.7 Å². The highest BCUT2D eigenvalue weighted by molar-refractivity contribution is 7.93. The molecule has 1 saturated carbocycles. The highest BCUT2D eigenvalue weighted by Crippen LogP contribution is 2.41. The van der Waals surface area contributed by atoms with E-state index in [1.165, 1.54) is 0 Å². The number of hydrogen-bond donors (Lipinski definition) is 2. The highest BCUT2D eigenvalue weighted by atomic mass is 32.2. The Balaban J connectivity index is 2.18. The Kier molecular flexibility index (Phi) is 7.20. The number of sulfone groups is 1. The van der Waals surface area contributed by atoms with Crippen molar-refractivity contribution in [3.8, 4) is 0 Å². The minimum absolute atomic E-state index is 0.285. The van der Waals surface area contributed by atoms with E-state index in [-0.39, 0.29) is 10.8 Å². The van der Waals surface area contributed by atoms with E-state index in [1.807, 2.05) is 19.1 Å². The Labute approximate surface area is 156 Å². The van der Waals surface area contributed by atoms with E-state index < -0.39 is 14.6 Å². The summed E-state index contributed by atoms with van der Waals surface area (Å²) >= 11 is 0. The van der Waals surface area contributed by atoms with Crippen LogP contribution in [0.3, 0.4) is 0 Å². The molecule has 0 heterocycles. The largest absolute Gasteiger partial charge is 0.383 e. The molecule has 1 aliphatic carbocycles. The van der Waals surface area contributed by atoms with Crippen LogP contribution >= 0.6 is 0 Å². The SMILES string of the molecule is COCCNCCNC(=O)C1(S(=O)(=O)c2cc(C)ccc2C)CCCC1. The molecule has 1 aliphatic rings. The highest BCUT2D eigenvalue weighted by Gasteiger charge is 2.53. The predicted molar refractivity (Wildman–Crippen MR) is 102 cm³/mol. The van der Waals surface area contributed by atoms with Crippen LogP contribution in [0.15, 0.2) is 23.1 Å². The second-order valence-corrected chi connectivity index (χ2v) is 9.20. The van der Waals surface area contributed by atoms with Crippen molar-refractivity contribution in [2.45, 2.75) is 49.2 Å². The van der Waals surface area contributed by atoms with Gasteiger partial charge in [-0.1, -0.05) is 25.0 Å². The van der Waals surface area contributed by atoms with Crippen LogP contribution in [0.4, 0.5) is 0 Å². The zero-order valence-corrected chi connectivity index (χ0v) is 16.7. The van der Waals surface area contributed by atoms with Crippen molar-refractivity contribution < 1.29 is 17.9 Å². The lowest BCUT2D eigenvalue weighted by molar-refractivity contribution is -0.123. The van der Waals surface area contributed by atoms with Crippen LogP contribution in [-0.2, 0) is 19.4 Å². The lowest BCUT2D eigenvalue weighted by atomic mass is 10.1. The number of carbonyl (C=O) groups excluding carboxylic acids is 1. The van der Waals surface area contributed by atoms with Gasteiger partial charge in [0.05, 0.1) is 11.5 Å². The number of carbonyl (C=O) groups is 1. The van der Waals surface area contributed by atoms with Crippen LogP contribution in [0.2, 0.25) is 0 Å². The van der Waals surface area contributed by atoms with Crippen LogP contribution in [0.25, 0.3) is 0 Å². The number of ether oxygens (including phenoxy) is 1. The molecule has 0 aromatic heterocycles. The Morgan fingerprint density at radius 3 is 2.50 bits per heavy atom. The Bertz CT molecular complexity index is 725. The van der Waals surface area contributed by atoms with Crippen molar-refractivity contribution in [2.75, 3.05) is 33.4 Å². The fraction of sp³-hybridized carbons (Fsp3) is 0.632. The van der Waals surface area contributed by atoms with Crippen LogP contribution in [0, 0.1) is 13.8 Å². The van der Waals surface area contributed by atoms with Gasteiger partial charge in [0.15, 0.2) is 14.6 Å². The molecular formula is C19H30N2O4S. The van der Waals surface area contributed by atoms with Crippen molar-refractivity contribution in [3.05, 3.63) is 29.3 Å². The Morgan fingerprint density at radius 1 is 1.15 bits per heavy atom. The summed E-state index contributed by atoms with van der Waals surface area (Å²) in [5.41, 5.74) is 1.57. The smallest absolute Gasteiger partial charge is 0.241 e. The molecule has 1 aromatic carbocycles. The third-order valence-electron chi connectivity index (χ3n) is 5.04. The van der Waals surface area contributed by atoms with Crippen LogP contribution in [-0.4, -0.2) is 52.4 Å². The molecule has 1 aromatic rings. The zero-order chi connectivity index (χ0) is 19.2. The molecule has 2 N–H and O–H groups in total. The van der Waals surface area contributed by atoms with Gasteiger partial charge in [-0.3, -0.25) is 4.79 Å². The summed E-state index contributed by atoms with van der Waals surface area (Å²) in [5.74, 6) is -0.371. The third-order valence-corrected chi connectivity index (χ3v) is 7.68. The number of hydrogen-bond acceptors (Lipinski definition) is 5. The van der Waals surface area contributed by atoms with Gasteiger partial charge in [0.1, 0.15) is 0 Å².